The number of carbonyl (C=O) groups excluding carboxylic acids is 1. The first kappa shape index (κ1) is 51.7. The number of cyclic esters (lactones) is 1. The van der Waals surface area contributed by atoms with Crippen molar-refractivity contribution in [2.45, 2.75) is 192 Å². The number of ether oxygens (including phenoxy) is 5. The van der Waals surface area contributed by atoms with Crippen LogP contribution in [-0.2, 0) is 43.1 Å². The molecule has 0 amide bonds. The first-order valence-corrected chi connectivity index (χ1v) is 22.5. The van der Waals surface area contributed by atoms with E-state index < -0.39 is 123 Å². The number of allylic oxidation sites excluding steroid dienone is 1. The van der Waals surface area contributed by atoms with Crippen molar-refractivity contribution in [3.05, 3.63) is 11.6 Å². The molecule has 3 heterocycles. The van der Waals surface area contributed by atoms with Crippen LogP contribution in [0.1, 0.15) is 113 Å². The van der Waals surface area contributed by atoms with Crippen molar-refractivity contribution in [3.63, 3.8) is 0 Å². The summed E-state index contributed by atoms with van der Waals surface area (Å²) in [4.78, 5) is 14.3. The Kier molecular flexibility index (Phi) is 15.3. The van der Waals surface area contributed by atoms with Crippen LogP contribution in [0.4, 0.5) is 0 Å². The van der Waals surface area contributed by atoms with E-state index in [9.17, 15) is 48.4 Å². The van der Waals surface area contributed by atoms with E-state index >= 15 is 0 Å². The number of fused-ring (bicyclic) bond motifs is 4. The molecule has 1 spiro atoms. The molecule has 3 aliphatic heterocycles. The standard InChI is InChI=1S/C41H66O16S.2Na/c1-20(2)10-9-14-39(8)40(48)17-16-38(7)22-11-12-25-36(4,5)27(13-15-37(25,6)23(22)18-26(42)41(38,40)35(47)56-39)54-34-32(29(44)24(19-52-34)57-58(49,50)51)55-33-31(46)30(45)28(43)21(3)53-33;;/h18,20-22,24-34,42-46,48H,9-17,19H2,1-8H3,(H,49,50,51);;/q;2*+1/t21-,22?,24-,25?,26-,27+,28-,29+,30+,31-,32-,33+,34+,37-,38+,39+,40+,41?;;/m1../s1. The van der Waals surface area contributed by atoms with E-state index in [0.29, 0.717) is 44.4 Å². The van der Waals surface area contributed by atoms with E-state index in [2.05, 4.69) is 45.7 Å². The Morgan fingerprint density at radius 2 is 1.55 bits per heavy atom. The van der Waals surface area contributed by atoms with Crippen LogP contribution in [0.5, 0.6) is 0 Å². The third-order valence-corrected chi connectivity index (χ3v) is 16.8. The van der Waals surface area contributed by atoms with Gasteiger partial charge in [0.15, 0.2) is 12.6 Å². The minimum atomic E-state index is -5.03. The van der Waals surface area contributed by atoms with Gasteiger partial charge in [0.1, 0.15) is 53.2 Å². The number of hydrogen-bond acceptors (Lipinski definition) is 15. The maximum Gasteiger partial charge on any atom is 1.00 e. The molecule has 0 bridgehead atoms. The molecule has 0 aromatic rings. The van der Waals surface area contributed by atoms with Crippen LogP contribution in [0.3, 0.4) is 0 Å². The zero-order valence-corrected chi connectivity index (χ0v) is 41.8. The maximum atomic E-state index is 14.3. The van der Waals surface area contributed by atoms with E-state index in [0.717, 1.165) is 24.8 Å². The first-order chi connectivity index (χ1) is 26.8. The van der Waals surface area contributed by atoms with Crippen LogP contribution >= 0.6 is 0 Å². The molecule has 7 aliphatic rings. The summed E-state index contributed by atoms with van der Waals surface area (Å²) < 4.78 is 67.8. The number of aliphatic hydroxyl groups is 6. The van der Waals surface area contributed by atoms with Gasteiger partial charge in [-0.3, -0.25) is 9.35 Å². The van der Waals surface area contributed by atoms with Crippen LogP contribution in [0, 0.1) is 39.4 Å². The van der Waals surface area contributed by atoms with Gasteiger partial charge >= 0.3 is 75.5 Å². The van der Waals surface area contributed by atoms with E-state index in [1.165, 1.54) is 6.92 Å². The third kappa shape index (κ3) is 7.85. The Bertz CT molecular complexity index is 1730. The normalized spacial score (nSPS) is 49.6. The average molecular weight is 893 g/mol. The molecule has 0 aromatic carbocycles. The van der Waals surface area contributed by atoms with Crippen LogP contribution < -0.4 is 59.1 Å². The average Bonchev–Trinajstić information content (AvgIpc) is 3.48. The van der Waals surface area contributed by atoms with Gasteiger partial charge < -0.3 is 54.3 Å². The summed E-state index contributed by atoms with van der Waals surface area (Å²) in [6, 6.07) is 0. The first-order valence-electron chi connectivity index (χ1n) is 21.1. The van der Waals surface area contributed by atoms with Crippen LogP contribution in [0.25, 0.3) is 0 Å². The van der Waals surface area contributed by atoms with Gasteiger partial charge in [-0.15, -0.1) is 0 Å². The summed E-state index contributed by atoms with van der Waals surface area (Å²) >= 11 is 0. The minimum Gasteiger partial charge on any atom is -0.456 e. The minimum absolute atomic E-state index is 0. The largest absolute Gasteiger partial charge is 1.00 e. The number of hydrogen-bond donors (Lipinski definition) is 7. The van der Waals surface area contributed by atoms with E-state index in [1.807, 2.05) is 13.0 Å². The van der Waals surface area contributed by atoms with Gasteiger partial charge in [0.25, 0.3) is 0 Å². The summed E-state index contributed by atoms with van der Waals surface area (Å²) in [5.41, 5.74) is -4.89. The zero-order chi connectivity index (χ0) is 42.8. The molecular weight excluding hydrogens is 826 g/mol. The van der Waals surface area contributed by atoms with Crippen molar-refractivity contribution in [2.75, 3.05) is 6.61 Å². The molecule has 4 aliphatic carbocycles. The Morgan fingerprint density at radius 3 is 2.18 bits per heavy atom. The fourth-order valence-electron chi connectivity index (χ4n) is 13.2. The van der Waals surface area contributed by atoms with Gasteiger partial charge in [-0.2, -0.15) is 8.42 Å². The summed E-state index contributed by atoms with van der Waals surface area (Å²) in [5, 5.41) is 67.9. The smallest absolute Gasteiger partial charge is 0.456 e. The molecule has 18 atom stereocenters. The fraction of sp³-hybridized carbons (Fsp3) is 0.927. The summed E-state index contributed by atoms with van der Waals surface area (Å²) in [7, 11) is -5.03. The van der Waals surface area contributed by atoms with Crippen molar-refractivity contribution in [3.8, 4) is 0 Å². The van der Waals surface area contributed by atoms with Crippen molar-refractivity contribution in [1.29, 1.82) is 0 Å². The van der Waals surface area contributed by atoms with Gasteiger partial charge in [0.05, 0.1) is 24.9 Å². The predicted octanol–water partition coefficient (Wildman–Crippen LogP) is -3.69. The van der Waals surface area contributed by atoms with Crippen molar-refractivity contribution < 1.29 is 135 Å². The van der Waals surface area contributed by atoms with E-state index in [4.69, 9.17) is 23.7 Å². The van der Waals surface area contributed by atoms with Gasteiger partial charge in [0, 0.05) is 0 Å². The Hall–Kier alpha value is 0.680. The molecule has 6 fully saturated rings. The quantitative estimate of drug-likeness (QED) is 0.0367. The molecule has 3 saturated heterocycles. The summed E-state index contributed by atoms with van der Waals surface area (Å²) in [6.45, 7) is 15.5. The molecular formula is C41H66Na2O16S+2. The van der Waals surface area contributed by atoms with Crippen LogP contribution in [0.15, 0.2) is 11.6 Å². The second-order valence-corrected chi connectivity index (χ2v) is 21.2. The molecule has 7 rings (SSSR count). The van der Waals surface area contributed by atoms with Crippen molar-refractivity contribution >= 4 is 16.4 Å². The Balaban J connectivity index is 0.00000341. The Morgan fingerprint density at radius 1 is 0.883 bits per heavy atom. The van der Waals surface area contributed by atoms with Crippen LogP contribution in [-0.4, -0.2) is 135 Å². The molecule has 332 valence electrons. The monoisotopic (exact) mass is 892 g/mol. The fourth-order valence-corrected chi connectivity index (χ4v) is 13.7. The van der Waals surface area contributed by atoms with Gasteiger partial charge in [0.2, 0.25) is 0 Å². The van der Waals surface area contributed by atoms with Crippen LogP contribution in [0.2, 0.25) is 0 Å². The molecule has 7 N–H and O–H groups in total. The number of aliphatic hydroxyl groups excluding tert-OH is 5. The van der Waals surface area contributed by atoms with Crippen molar-refractivity contribution in [1.82, 2.24) is 0 Å². The van der Waals surface area contributed by atoms with Gasteiger partial charge in [-0.25, -0.2) is 4.18 Å². The summed E-state index contributed by atoms with van der Waals surface area (Å²) in [5.74, 6) is -0.164. The zero-order valence-electron chi connectivity index (χ0n) is 36.9. The number of carbonyl (C=O) groups is 1. The summed E-state index contributed by atoms with van der Waals surface area (Å²) in [6.07, 6.45) is -8.00. The molecule has 16 nitrogen and oxygen atoms in total. The second-order valence-electron chi connectivity index (χ2n) is 20.2. The molecule has 0 radical (unpaired) electrons. The topological polar surface area (TPSA) is 248 Å². The van der Waals surface area contributed by atoms with Gasteiger partial charge in [-0.05, 0) is 99.2 Å². The second kappa shape index (κ2) is 17.7. The maximum absolute atomic E-state index is 14.3. The number of rotatable bonds is 10. The predicted molar refractivity (Wildman–Crippen MR) is 204 cm³/mol. The molecule has 3 unspecified atom stereocenters. The van der Waals surface area contributed by atoms with E-state index in [-0.39, 0.29) is 71.0 Å². The molecule has 19 heteroatoms. The van der Waals surface area contributed by atoms with E-state index in [1.54, 1.807) is 0 Å². The molecule has 3 saturated carbocycles. The molecule has 60 heavy (non-hydrogen) atoms. The van der Waals surface area contributed by atoms with Gasteiger partial charge in [-0.1, -0.05) is 59.6 Å². The Labute approximate surface area is 398 Å². The SMILES string of the molecule is CC(C)CCC[C@]1(C)OC(=O)C23[C@H](O)C=C4C(CCC5C(C)(C)[C@@H](O[C@@H]6OC[C@@H](OS(=O)(=O)O)[C@H](O)[C@H]6O[C@@H]6O[C@H](C)[C@@H](O)[C@H](O)[C@H]6O)CC[C@]45C)[C@]2(C)CC[C@@]31O.[Na+].[Na+]. The number of esters is 1. The molecule has 0 aromatic heterocycles. The third-order valence-electron chi connectivity index (χ3n) is 16.3. The van der Waals surface area contributed by atoms with Crippen molar-refractivity contribution in [2.24, 2.45) is 39.4 Å².